The summed E-state index contributed by atoms with van der Waals surface area (Å²) in [6.45, 7) is 0. The van der Waals surface area contributed by atoms with Gasteiger partial charge in [-0.1, -0.05) is 6.07 Å². The number of anilines is 1. The number of aromatic hydroxyl groups is 1. The molecular weight excluding hydrogens is 154 g/mol. The Morgan fingerprint density at radius 3 is 2.92 bits per heavy atom. The first-order valence-electron chi connectivity index (χ1n) is 3.50. The summed E-state index contributed by atoms with van der Waals surface area (Å²) < 4.78 is 0. The molecule has 0 fully saturated rings. The Balaban J connectivity index is 2.76. The van der Waals surface area contributed by atoms with E-state index in [9.17, 15) is 0 Å². The van der Waals surface area contributed by atoms with E-state index in [1.165, 1.54) is 0 Å². The lowest BCUT2D eigenvalue weighted by Gasteiger charge is -2.03. The molecule has 1 rings (SSSR count). The van der Waals surface area contributed by atoms with E-state index in [0.717, 1.165) is 5.69 Å². The number of hydrogen-bond donors (Lipinski definition) is 3. The molecule has 4 heteroatoms. The second-order valence-electron chi connectivity index (χ2n) is 2.28. The maximum absolute atomic E-state index is 9.08. The summed E-state index contributed by atoms with van der Waals surface area (Å²) in [7, 11) is 1.59. The lowest BCUT2D eigenvalue weighted by atomic mass is 10.3. The van der Waals surface area contributed by atoms with Crippen molar-refractivity contribution in [3.05, 3.63) is 24.3 Å². The van der Waals surface area contributed by atoms with Crippen LogP contribution in [0.4, 0.5) is 5.69 Å². The van der Waals surface area contributed by atoms with Gasteiger partial charge in [0.2, 0.25) is 0 Å². The molecule has 0 bridgehead atoms. The zero-order valence-electron chi connectivity index (χ0n) is 6.78. The van der Waals surface area contributed by atoms with Crippen molar-refractivity contribution < 1.29 is 5.11 Å². The quantitative estimate of drug-likeness (QED) is 0.424. The van der Waals surface area contributed by atoms with Crippen molar-refractivity contribution in [2.45, 2.75) is 0 Å². The highest BCUT2D eigenvalue weighted by molar-refractivity contribution is 5.92. The molecule has 1 aromatic rings. The van der Waals surface area contributed by atoms with Gasteiger partial charge < -0.3 is 16.2 Å². The molecule has 4 N–H and O–H groups in total. The van der Waals surface area contributed by atoms with Gasteiger partial charge >= 0.3 is 0 Å². The Labute approximate surface area is 70.7 Å². The fourth-order valence-corrected chi connectivity index (χ4v) is 0.787. The van der Waals surface area contributed by atoms with Gasteiger partial charge in [0.15, 0.2) is 5.96 Å². The van der Waals surface area contributed by atoms with Crippen LogP contribution in [-0.4, -0.2) is 18.1 Å². The van der Waals surface area contributed by atoms with Gasteiger partial charge in [0, 0.05) is 18.8 Å². The third kappa shape index (κ3) is 2.16. The summed E-state index contributed by atoms with van der Waals surface area (Å²) in [5, 5.41) is 11.9. The van der Waals surface area contributed by atoms with Crippen LogP contribution in [0.3, 0.4) is 0 Å². The van der Waals surface area contributed by atoms with Gasteiger partial charge in [-0.3, -0.25) is 4.99 Å². The van der Waals surface area contributed by atoms with E-state index >= 15 is 0 Å². The van der Waals surface area contributed by atoms with Crippen LogP contribution in [-0.2, 0) is 0 Å². The SMILES string of the molecule is C/N=C(/N)Nc1cccc(O)c1. The average Bonchev–Trinajstić information content (AvgIpc) is 2.04. The molecule has 0 radical (unpaired) electrons. The van der Waals surface area contributed by atoms with Gasteiger partial charge in [-0.15, -0.1) is 0 Å². The second kappa shape index (κ2) is 3.61. The minimum absolute atomic E-state index is 0.198. The maximum Gasteiger partial charge on any atom is 0.192 e. The number of phenolic OH excluding ortho intramolecular Hbond substituents is 1. The normalized spacial score (nSPS) is 11.2. The number of benzene rings is 1. The summed E-state index contributed by atoms with van der Waals surface area (Å²) in [5.41, 5.74) is 6.13. The molecule has 12 heavy (non-hydrogen) atoms. The molecule has 64 valence electrons. The van der Waals surface area contributed by atoms with Gasteiger partial charge in [-0.05, 0) is 12.1 Å². The number of nitrogens with one attached hydrogen (secondary N) is 1. The lowest BCUT2D eigenvalue weighted by molar-refractivity contribution is 0.475. The third-order valence-electron chi connectivity index (χ3n) is 1.36. The van der Waals surface area contributed by atoms with Gasteiger partial charge in [0.05, 0.1) is 0 Å². The number of hydrogen-bond acceptors (Lipinski definition) is 2. The van der Waals surface area contributed by atoms with Crippen LogP contribution in [0.1, 0.15) is 0 Å². The van der Waals surface area contributed by atoms with Crippen molar-refractivity contribution in [2.24, 2.45) is 10.7 Å². The number of nitrogens with zero attached hydrogens (tertiary/aromatic N) is 1. The van der Waals surface area contributed by atoms with Crippen LogP contribution in [0.25, 0.3) is 0 Å². The number of aliphatic imine (C=N–C) groups is 1. The predicted molar refractivity (Wildman–Crippen MR) is 49.3 cm³/mol. The van der Waals surface area contributed by atoms with E-state index in [-0.39, 0.29) is 5.75 Å². The van der Waals surface area contributed by atoms with Gasteiger partial charge in [-0.2, -0.15) is 0 Å². The molecule has 0 aliphatic rings. The molecule has 0 saturated heterocycles. The fourth-order valence-electron chi connectivity index (χ4n) is 0.787. The molecule has 0 heterocycles. The fraction of sp³-hybridized carbons (Fsp3) is 0.125. The van der Waals surface area contributed by atoms with E-state index in [0.29, 0.717) is 5.96 Å². The van der Waals surface area contributed by atoms with Crippen LogP contribution >= 0.6 is 0 Å². The molecule has 4 nitrogen and oxygen atoms in total. The number of phenols is 1. The standard InChI is InChI=1S/C8H11N3O/c1-10-8(9)11-6-3-2-4-7(12)5-6/h2-5,12H,1H3,(H3,9,10,11). The van der Waals surface area contributed by atoms with Crippen LogP contribution in [0.5, 0.6) is 5.75 Å². The first-order valence-corrected chi connectivity index (χ1v) is 3.50. The van der Waals surface area contributed by atoms with Gasteiger partial charge in [0.25, 0.3) is 0 Å². The molecule has 0 atom stereocenters. The van der Waals surface area contributed by atoms with Crippen molar-refractivity contribution in [3.8, 4) is 5.75 Å². The maximum atomic E-state index is 9.08. The van der Waals surface area contributed by atoms with Crippen LogP contribution in [0.2, 0.25) is 0 Å². The Bertz CT molecular complexity index is 296. The van der Waals surface area contributed by atoms with E-state index in [1.54, 1.807) is 31.3 Å². The first-order chi connectivity index (χ1) is 5.72. The summed E-state index contributed by atoms with van der Waals surface area (Å²) in [6, 6.07) is 6.67. The number of nitrogens with two attached hydrogens (primary N) is 1. The summed E-state index contributed by atoms with van der Waals surface area (Å²) in [4.78, 5) is 3.72. The van der Waals surface area contributed by atoms with E-state index in [1.807, 2.05) is 0 Å². The molecule has 0 aromatic heterocycles. The van der Waals surface area contributed by atoms with Gasteiger partial charge in [0.1, 0.15) is 5.75 Å². The zero-order chi connectivity index (χ0) is 8.97. The Morgan fingerprint density at radius 2 is 2.33 bits per heavy atom. The minimum Gasteiger partial charge on any atom is -0.508 e. The van der Waals surface area contributed by atoms with Gasteiger partial charge in [-0.25, -0.2) is 0 Å². The molecular formula is C8H11N3O. The molecule has 1 aromatic carbocycles. The Kier molecular flexibility index (Phi) is 2.53. The number of rotatable bonds is 1. The van der Waals surface area contributed by atoms with E-state index < -0.39 is 0 Å². The lowest BCUT2D eigenvalue weighted by Crippen LogP contribution is -2.21. The molecule has 0 saturated carbocycles. The van der Waals surface area contributed by atoms with Crippen molar-refractivity contribution >= 4 is 11.6 Å². The van der Waals surface area contributed by atoms with E-state index in [2.05, 4.69) is 10.3 Å². The van der Waals surface area contributed by atoms with Crippen LogP contribution in [0, 0.1) is 0 Å². The Morgan fingerprint density at radius 1 is 1.58 bits per heavy atom. The van der Waals surface area contributed by atoms with Crippen molar-refractivity contribution in [1.82, 2.24) is 0 Å². The largest absolute Gasteiger partial charge is 0.508 e. The van der Waals surface area contributed by atoms with Crippen molar-refractivity contribution in [3.63, 3.8) is 0 Å². The van der Waals surface area contributed by atoms with Crippen LogP contribution in [0.15, 0.2) is 29.3 Å². The molecule has 0 aliphatic heterocycles. The predicted octanol–water partition coefficient (Wildman–Crippen LogP) is 0.749. The highest BCUT2D eigenvalue weighted by atomic mass is 16.3. The molecule has 0 unspecified atom stereocenters. The Hall–Kier alpha value is -1.71. The summed E-state index contributed by atoms with van der Waals surface area (Å²) in [5.74, 6) is 0.518. The highest BCUT2D eigenvalue weighted by Gasteiger charge is 1.93. The minimum atomic E-state index is 0.198. The van der Waals surface area contributed by atoms with E-state index in [4.69, 9.17) is 10.8 Å². The first kappa shape index (κ1) is 8.39. The monoisotopic (exact) mass is 165 g/mol. The van der Waals surface area contributed by atoms with Crippen molar-refractivity contribution in [2.75, 3.05) is 12.4 Å². The third-order valence-corrected chi connectivity index (χ3v) is 1.36. The van der Waals surface area contributed by atoms with Crippen molar-refractivity contribution in [1.29, 1.82) is 0 Å². The highest BCUT2D eigenvalue weighted by Crippen LogP contribution is 2.14. The molecule has 0 amide bonds. The second-order valence-corrected chi connectivity index (χ2v) is 2.28. The zero-order valence-corrected chi connectivity index (χ0v) is 6.78. The topological polar surface area (TPSA) is 70.6 Å². The molecule has 0 aliphatic carbocycles. The summed E-state index contributed by atoms with van der Waals surface area (Å²) >= 11 is 0. The van der Waals surface area contributed by atoms with Crippen LogP contribution < -0.4 is 11.1 Å². The number of guanidine groups is 1. The smallest absolute Gasteiger partial charge is 0.192 e. The summed E-state index contributed by atoms with van der Waals surface area (Å²) in [6.07, 6.45) is 0. The average molecular weight is 165 g/mol. The molecule has 0 spiro atoms.